The van der Waals surface area contributed by atoms with Crippen molar-refractivity contribution < 1.29 is 18.7 Å². The summed E-state index contributed by atoms with van der Waals surface area (Å²) in [4.78, 5) is 29.6. The lowest BCUT2D eigenvalue weighted by Gasteiger charge is -2.35. The number of hydrogen-bond donors (Lipinski definition) is 1. The topological polar surface area (TPSA) is 109 Å². The number of rotatable bonds is 6. The molecule has 0 spiro atoms. The van der Waals surface area contributed by atoms with Crippen LogP contribution >= 0.6 is 11.6 Å². The van der Waals surface area contributed by atoms with E-state index in [2.05, 4.69) is 26.7 Å². The molecule has 1 aliphatic rings. The van der Waals surface area contributed by atoms with E-state index in [1.807, 2.05) is 23.1 Å². The van der Waals surface area contributed by atoms with E-state index in [4.69, 9.17) is 26.1 Å². The first-order chi connectivity index (χ1) is 19.0. The summed E-state index contributed by atoms with van der Waals surface area (Å²) in [6.45, 7) is 5.63. The number of nitrogens with one attached hydrogen (secondary N) is 1. The van der Waals surface area contributed by atoms with Crippen molar-refractivity contribution in [2.24, 2.45) is 0 Å². The Morgan fingerprint density at radius 2 is 1.87 bits per heavy atom. The van der Waals surface area contributed by atoms with Gasteiger partial charge in [0.2, 0.25) is 11.8 Å². The number of carbonyl (C=O) groups excluding carboxylic acids is 1. The van der Waals surface area contributed by atoms with E-state index in [0.29, 0.717) is 59.6 Å². The van der Waals surface area contributed by atoms with E-state index in [9.17, 15) is 9.18 Å². The van der Waals surface area contributed by atoms with Crippen LogP contribution in [0, 0.1) is 5.82 Å². The van der Waals surface area contributed by atoms with Crippen molar-refractivity contribution >= 4 is 45.1 Å². The maximum atomic E-state index is 14.6. The number of fused-ring (bicyclic) bond motifs is 2. The molecule has 5 aromatic rings. The maximum Gasteiger partial charge on any atom is 0.324 e. The summed E-state index contributed by atoms with van der Waals surface area (Å²) < 4.78 is 26.7. The molecule has 10 nitrogen and oxygen atoms in total. The minimum Gasteiger partial charge on any atom is -0.434 e. The van der Waals surface area contributed by atoms with Gasteiger partial charge in [-0.3, -0.25) is 9.89 Å². The fourth-order valence-electron chi connectivity index (χ4n) is 4.42. The van der Waals surface area contributed by atoms with Crippen molar-refractivity contribution in [3.63, 3.8) is 0 Å². The Morgan fingerprint density at radius 3 is 2.64 bits per heavy atom. The minimum atomic E-state index is -0.668. The van der Waals surface area contributed by atoms with Crippen molar-refractivity contribution in [1.82, 2.24) is 30.0 Å². The van der Waals surface area contributed by atoms with E-state index in [1.54, 1.807) is 29.3 Å². The van der Waals surface area contributed by atoms with Crippen molar-refractivity contribution in [2.45, 2.75) is 0 Å². The summed E-state index contributed by atoms with van der Waals surface area (Å²) >= 11 is 6.30. The monoisotopic (exact) mass is 545 g/mol. The number of halogens is 2. The number of benzene rings is 2. The quantitative estimate of drug-likeness (QED) is 0.293. The molecule has 1 amide bonds. The predicted molar refractivity (Wildman–Crippen MR) is 144 cm³/mol. The van der Waals surface area contributed by atoms with Gasteiger partial charge in [-0.2, -0.15) is 15.1 Å². The number of ether oxygens (including phenoxy) is 2. The second-order valence-electron chi connectivity index (χ2n) is 8.71. The SMILES string of the molecule is C=CC(=O)N1CCN(c2nc(Oc3ccccc3)nc3c(Oc4c(Cl)c(F)cc5[nH]ncc45)nccc23)CC1. The van der Waals surface area contributed by atoms with E-state index < -0.39 is 5.82 Å². The second-order valence-corrected chi connectivity index (χ2v) is 9.09. The molecule has 196 valence electrons. The molecule has 2 aromatic carbocycles. The Bertz CT molecular complexity index is 1700. The molecule has 1 fully saturated rings. The first-order valence-electron chi connectivity index (χ1n) is 12.1. The molecule has 0 bridgehead atoms. The average molecular weight is 546 g/mol. The summed E-state index contributed by atoms with van der Waals surface area (Å²) in [6, 6.07) is 12.2. The molecule has 3 aromatic heterocycles. The lowest BCUT2D eigenvalue weighted by Crippen LogP contribution is -2.48. The van der Waals surface area contributed by atoms with Gasteiger partial charge in [-0.05, 0) is 24.3 Å². The molecule has 0 aliphatic carbocycles. The van der Waals surface area contributed by atoms with E-state index in [0.717, 1.165) is 0 Å². The van der Waals surface area contributed by atoms with Gasteiger partial charge in [0.25, 0.3) is 0 Å². The largest absolute Gasteiger partial charge is 0.434 e. The number of aromatic nitrogens is 5. The summed E-state index contributed by atoms with van der Waals surface area (Å²) in [6.07, 6.45) is 4.36. The minimum absolute atomic E-state index is 0.0580. The van der Waals surface area contributed by atoms with Gasteiger partial charge < -0.3 is 19.3 Å². The summed E-state index contributed by atoms with van der Waals surface area (Å²) in [7, 11) is 0. The Kier molecular flexibility index (Phi) is 6.41. The van der Waals surface area contributed by atoms with Crippen LogP contribution in [0.15, 0.2) is 67.5 Å². The third-order valence-corrected chi connectivity index (χ3v) is 6.70. The molecule has 4 heterocycles. The molecule has 0 saturated carbocycles. The average Bonchev–Trinajstić information content (AvgIpc) is 3.43. The molecule has 12 heteroatoms. The number of aromatic amines is 1. The van der Waals surface area contributed by atoms with Gasteiger partial charge in [0.05, 0.1) is 22.5 Å². The Labute approximate surface area is 226 Å². The number of para-hydroxylation sites is 1. The van der Waals surface area contributed by atoms with Crippen LogP contribution in [0.5, 0.6) is 23.4 Å². The van der Waals surface area contributed by atoms with Crippen molar-refractivity contribution in [2.75, 3.05) is 31.1 Å². The Balaban J connectivity index is 1.45. The maximum absolute atomic E-state index is 14.6. The zero-order chi connectivity index (χ0) is 26.9. The van der Waals surface area contributed by atoms with Crippen LogP contribution in [0.4, 0.5) is 10.2 Å². The number of amides is 1. The van der Waals surface area contributed by atoms with Gasteiger partial charge in [0.1, 0.15) is 27.9 Å². The summed E-state index contributed by atoms with van der Waals surface area (Å²) in [5, 5.41) is 7.61. The molecular weight excluding hydrogens is 525 g/mol. The van der Waals surface area contributed by atoms with E-state index >= 15 is 0 Å². The van der Waals surface area contributed by atoms with Crippen LogP contribution in [0.25, 0.3) is 21.8 Å². The normalized spacial score (nSPS) is 13.6. The molecule has 0 unspecified atom stereocenters. The Morgan fingerprint density at radius 1 is 1.08 bits per heavy atom. The lowest BCUT2D eigenvalue weighted by molar-refractivity contribution is -0.126. The molecule has 6 rings (SSSR count). The third-order valence-electron chi connectivity index (χ3n) is 6.35. The van der Waals surface area contributed by atoms with Crippen LogP contribution < -0.4 is 14.4 Å². The highest BCUT2D eigenvalue weighted by Gasteiger charge is 2.25. The van der Waals surface area contributed by atoms with Gasteiger partial charge >= 0.3 is 6.01 Å². The van der Waals surface area contributed by atoms with Crippen LogP contribution in [0.1, 0.15) is 0 Å². The van der Waals surface area contributed by atoms with Gasteiger partial charge in [-0.25, -0.2) is 9.37 Å². The summed E-state index contributed by atoms with van der Waals surface area (Å²) in [5.74, 6) is 0.491. The van der Waals surface area contributed by atoms with Gasteiger partial charge in [-0.15, -0.1) is 0 Å². The van der Waals surface area contributed by atoms with Crippen LogP contribution in [0.3, 0.4) is 0 Å². The fourth-order valence-corrected chi connectivity index (χ4v) is 4.61. The zero-order valence-electron chi connectivity index (χ0n) is 20.5. The second kappa shape index (κ2) is 10.2. The number of H-pyrrole nitrogens is 1. The standard InChI is InChI=1S/C27H21ClFN7O3/c1-2-21(37)35-10-12-36(13-11-35)25-17-8-9-30-26(23(17)32-27(33-25)38-16-6-4-3-5-7-16)39-24-18-15-31-34-20(18)14-19(29)22(24)28/h2-9,14-15H,1,10-13H2,(H,31,34). The molecule has 39 heavy (non-hydrogen) atoms. The molecular formula is C27H21ClFN7O3. The van der Waals surface area contributed by atoms with Crippen molar-refractivity contribution in [3.8, 4) is 23.4 Å². The number of pyridine rings is 1. The number of piperazine rings is 1. The van der Waals surface area contributed by atoms with Crippen LogP contribution in [-0.2, 0) is 4.79 Å². The predicted octanol–water partition coefficient (Wildman–Crippen LogP) is 5.11. The fraction of sp³-hybridized carbons (Fsp3) is 0.148. The first-order valence-corrected chi connectivity index (χ1v) is 12.4. The highest BCUT2D eigenvalue weighted by atomic mass is 35.5. The zero-order valence-corrected chi connectivity index (χ0v) is 21.2. The number of hydrogen-bond acceptors (Lipinski definition) is 8. The van der Waals surface area contributed by atoms with Crippen molar-refractivity contribution in [3.05, 3.63) is 78.4 Å². The summed E-state index contributed by atoms with van der Waals surface area (Å²) in [5.41, 5.74) is 0.762. The van der Waals surface area contributed by atoms with Crippen molar-refractivity contribution in [1.29, 1.82) is 0 Å². The number of nitrogens with zero attached hydrogens (tertiary/aromatic N) is 6. The lowest BCUT2D eigenvalue weighted by atomic mass is 10.2. The number of carbonyl (C=O) groups is 1. The Hall–Kier alpha value is -4.77. The molecule has 1 saturated heterocycles. The van der Waals surface area contributed by atoms with Crippen LogP contribution in [0.2, 0.25) is 5.02 Å². The molecule has 1 N–H and O–H groups in total. The molecule has 1 aliphatic heterocycles. The van der Waals surface area contributed by atoms with Gasteiger partial charge in [-0.1, -0.05) is 36.4 Å². The van der Waals surface area contributed by atoms with Crippen LogP contribution in [-0.4, -0.2) is 62.1 Å². The molecule has 0 radical (unpaired) electrons. The highest BCUT2D eigenvalue weighted by molar-refractivity contribution is 6.33. The molecule has 0 atom stereocenters. The van der Waals surface area contributed by atoms with E-state index in [-0.39, 0.29) is 28.6 Å². The van der Waals surface area contributed by atoms with Gasteiger partial charge in [0, 0.05) is 38.4 Å². The third kappa shape index (κ3) is 4.68. The van der Waals surface area contributed by atoms with Gasteiger partial charge in [0.15, 0.2) is 5.75 Å². The smallest absolute Gasteiger partial charge is 0.324 e. The highest BCUT2D eigenvalue weighted by Crippen LogP contribution is 2.40. The first kappa shape index (κ1) is 24.6. The van der Waals surface area contributed by atoms with E-state index in [1.165, 1.54) is 18.3 Å². The number of anilines is 1.